The predicted molar refractivity (Wildman–Crippen MR) is 117 cm³/mol. The Morgan fingerprint density at radius 3 is 2.32 bits per heavy atom. The van der Waals surface area contributed by atoms with Gasteiger partial charge in [-0.1, -0.05) is 19.3 Å². The predicted octanol–water partition coefficient (Wildman–Crippen LogP) is 1.91. The van der Waals surface area contributed by atoms with Gasteiger partial charge < -0.3 is 15.5 Å². The Kier molecular flexibility index (Phi) is 9.02. The van der Waals surface area contributed by atoms with Crippen LogP contribution in [0.2, 0.25) is 0 Å². The third-order valence-electron chi connectivity index (χ3n) is 5.61. The van der Waals surface area contributed by atoms with E-state index in [9.17, 15) is 8.42 Å². The van der Waals surface area contributed by atoms with E-state index in [4.69, 9.17) is 0 Å². The summed E-state index contributed by atoms with van der Waals surface area (Å²) in [6.45, 7) is 10.5. The molecule has 1 saturated heterocycles. The summed E-state index contributed by atoms with van der Waals surface area (Å²) in [6.07, 6.45) is 10.5. The van der Waals surface area contributed by atoms with Crippen molar-refractivity contribution >= 4 is 16.0 Å². The number of piperidine rings is 1. The van der Waals surface area contributed by atoms with Crippen LogP contribution in [-0.4, -0.2) is 69.8 Å². The fraction of sp³-hybridized carbons (Fsp3) is 0.950. The molecule has 0 aromatic rings. The molecule has 2 aliphatic rings. The summed E-state index contributed by atoms with van der Waals surface area (Å²) >= 11 is 0. The molecule has 0 bridgehead atoms. The molecule has 0 spiro atoms. The zero-order chi connectivity index (χ0) is 20.6. The Labute approximate surface area is 172 Å². The lowest BCUT2D eigenvalue weighted by Gasteiger charge is -2.36. The van der Waals surface area contributed by atoms with Gasteiger partial charge in [0.05, 0.1) is 12.8 Å². The van der Waals surface area contributed by atoms with Crippen molar-refractivity contribution < 1.29 is 8.42 Å². The van der Waals surface area contributed by atoms with Gasteiger partial charge in [0.15, 0.2) is 5.96 Å². The van der Waals surface area contributed by atoms with E-state index in [1.807, 2.05) is 20.8 Å². The van der Waals surface area contributed by atoms with Gasteiger partial charge in [0.1, 0.15) is 0 Å². The maximum absolute atomic E-state index is 11.5. The number of sulfonamides is 1. The molecule has 0 unspecified atom stereocenters. The summed E-state index contributed by atoms with van der Waals surface area (Å²) < 4.78 is 25.7. The highest BCUT2D eigenvalue weighted by atomic mass is 32.2. The second-order valence-corrected chi connectivity index (χ2v) is 10.9. The van der Waals surface area contributed by atoms with Crippen LogP contribution >= 0.6 is 0 Å². The highest BCUT2D eigenvalue weighted by Crippen LogP contribution is 2.25. The monoisotopic (exact) mass is 415 g/mol. The van der Waals surface area contributed by atoms with Gasteiger partial charge in [0.25, 0.3) is 0 Å². The quantitative estimate of drug-likeness (QED) is 0.416. The molecule has 0 aromatic heterocycles. The first-order valence-corrected chi connectivity index (χ1v) is 12.8. The molecule has 1 aliphatic carbocycles. The molecule has 2 fully saturated rings. The zero-order valence-electron chi connectivity index (χ0n) is 18.3. The van der Waals surface area contributed by atoms with Crippen LogP contribution < -0.4 is 15.4 Å². The highest BCUT2D eigenvalue weighted by Gasteiger charge is 2.24. The molecule has 2 rings (SSSR count). The average molecular weight is 416 g/mol. The van der Waals surface area contributed by atoms with Crippen LogP contribution in [0, 0.1) is 5.92 Å². The Hall–Kier alpha value is -0.860. The lowest BCUT2D eigenvalue weighted by Crippen LogP contribution is -2.50. The fourth-order valence-electron chi connectivity index (χ4n) is 4.32. The Balaban J connectivity index is 1.80. The molecule has 0 aromatic carbocycles. The summed E-state index contributed by atoms with van der Waals surface area (Å²) in [5.74, 6) is 1.68. The van der Waals surface area contributed by atoms with E-state index in [0.29, 0.717) is 12.6 Å². The van der Waals surface area contributed by atoms with E-state index in [2.05, 4.69) is 25.2 Å². The van der Waals surface area contributed by atoms with Gasteiger partial charge in [0.2, 0.25) is 10.0 Å². The first-order valence-electron chi connectivity index (χ1n) is 10.9. The minimum Gasteiger partial charge on any atom is -0.357 e. The number of guanidine groups is 1. The number of hydrogen-bond acceptors (Lipinski definition) is 4. The van der Waals surface area contributed by atoms with Crippen LogP contribution in [-0.2, 0) is 10.0 Å². The molecule has 1 aliphatic heterocycles. The van der Waals surface area contributed by atoms with Gasteiger partial charge in [-0.25, -0.2) is 13.1 Å². The first kappa shape index (κ1) is 23.4. The number of nitrogens with zero attached hydrogens (tertiary/aromatic N) is 2. The van der Waals surface area contributed by atoms with Crippen molar-refractivity contribution in [3.63, 3.8) is 0 Å². The molecule has 0 atom stereocenters. The standard InChI is InChI=1S/C20H41N5O2S/c1-5-21-19(22-16-20(2,3)24-28(4,26)27)23-18-11-13-25(14-12-18)15-17-9-7-6-8-10-17/h17-18,24H,5-16H2,1-4H3,(H2,21,22,23). The van der Waals surface area contributed by atoms with E-state index in [0.717, 1.165) is 44.4 Å². The second-order valence-electron chi connectivity index (χ2n) is 9.18. The van der Waals surface area contributed by atoms with Gasteiger partial charge in [0, 0.05) is 37.8 Å². The summed E-state index contributed by atoms with van der Waals surface area (Å²) in [5, 5.41) is 6.84. The smallest absolute Gasteiger partial charge is 0.209 e. The normalized spacial score (nSPS) is 21.6. The van der Waals surface area contributed by atoms with Crippen molar-refractivity contribution in [1.29, 1.82) is 0 Å². The van der Waals surface area contributed by atoms with E-state index >= 15 is 0 Å². The van der Waals surface area contributed by atoms with Crippen molar-refractivity contribution in [2.45, 2.75) is 77.3 Å². The fourth-order valence-corrected chi connectivity index (χ4v) is 5.39. The number of rotatable bonds is 8. The Morgan fingerprint density at radius 1 is 1.11 bits per heavy atom. The lowest BCUT2D eigenvalue weighted by atomic mass is 9.88. The second kappa shape index (κ2) is 10.8. The summed E-state index contributed by atoms with van der Waals surface area (Å²) in [5.41, 5.74) is -0.612. The van der Waals surface area contributed by atoms with Gasteiger partial charge in [-0.3, -0.25) is 4.99 Å². The molecule has 28 heavy (non-hydrogen) atoms. The van der Waals surface area contributed by atoms with Crippen LogP contribution in [0.3, 0.4) is 0 Å². The minimum atomic E-state index is -3.25. The van der Waals surface area contributed by atoms with Crippen molar-refractivity contribution in [1.82, 2.24) is 20.3 Å². The van der Waals surface area contributed by atoms with E-state index < -0.39 is 15.6 Å². The SMILES string of the molecule is CCNC(=NCC(C)(C)NS(C)(=O)=O)NC1CCN(CC2CCCCC2)CC1. The van der Waals surface area contributed by atoms with Crippen LogP contribution in [0.4, 0.5) is 0 Å². The van der Waals surface area contributed by atoms with Crippen LogP contribution in [0.15, 0.2) is 4.99 Å². The van der Waals surface area contributed by atoms with Crippen molar-refractivity contribution in [3.05, 3.63) is 0 Å². The van der Waals surface area contributed by atoms with Crippen LogP contribution in [0.1, 0.15) is 65.7 Å². The third-order valence-corrected chi connectivity index (χ3v) is 6.53. The maximum atomic E-state index is 11.5. The number of hydrogen-bond donors (Lipinski definition) is 3. The minimum absolute atomic E-state index is 0.385. The average Bonchev–Trinajstić information content (AvgIpc) is 2.60. The van der Waals surface area contributed by atoms with E-state index in [1.165, 1.54) is 44.9 Å². The Bertz CT molecular complexity index is 592. The molecule has 3 N–H and O–H groups in total. The molecule has 7 nitrogen and oxygen atoms in total. The molecule has 0 amide bonds. The van der Waals surface area contributed by atoms with E-state index in [1.54, 1.807) is 0 Å². The lowest BCUT2D eigenvalue weighted by molar-refractivity contribution is 0.160. The molecule has 1 heterocycles. The van der Waals surface area contributed by atoms with E-state index in [-0.39, 0.29) is 0 Å². The van der Waals surface area contributed by atoms with Gasteiger partial charge in [-0.15, -0.1) is 0 Å². The summed E-state index contributed by atoms with van der Waals surface area (Å²) in [7, 11) is -3.25. The molecule has 1 saturated carbocycles. The maximum Gasteiger partial charge on any atom is 0.209 e. The molecule has 164 valence electrons. The summed E-state index contributed by atoms with van der Waals surface area (Å²) in [4.78, 5) is 7.27. The van der Waals surface area contributed by atoms with Gasteiger partial charge in [-0.2, -0.15) is 0 Å². The van der Waals surface area contributed by atoms with Crippen LogP contribution in [0.5, 0.6) is 0 Å². The summed E-state index contributed by atoms with van der Waals surface area (Å²) in [6, 6.07) is 0.423. The van der Waals surface area contributed by atoms with Crippen molar-refractivity contribution in [2.75, 3.05) is 39.0 Å². The highest BCUT2D eigenvalue weighted by molar-refractivity contribution is 7.88. The molecule has 0 radical (unpaired) electrons. The molecule has 8 heteroatoms. The molecular formula is C20H41N5O2S. The van der Waals surface area contributed by atoms with Crippen molar-refractivity contribution in [3.8, 4) is 0 Å². The topological polar surface area (TPSA) is 85.8 Å². The molecular weight excluding hydrogens is 374 g/mol. The largest absolute Gasteiger partial charge is 0.357 e. The number of likely N-dealkylation sites (tertiary alicyclic amines) is 1. The third kappa shape index (κ3) is 9.09. The Morgan fingerprint density at radius 2 is 1.75 bits per heavy atom. The van der Waals surface area contributed by atoms with Crippen molar-refractivity contribution in [2.24, 2.45) is 10.9 Å². The van der Waals surface area contributed by atoms with Gasteiger partial charge in [-0.05, 0) is 52.4 Å². The van der Waals surface area contributed by atoms with Gasteiger partial charge >= 0.3 is 0 Å². The number of nitrogens with one attached hydrogen (secondary N) is 3. The zero-order valence-corrected chi connectivity index (χ0v) is 19.1. The number of aliphatic imine (C=N–C) groups is 1. The first-order chi connectivity index (χ1) is 13.2. The van der Waals surface area contributed by atoms with Crippen LogP contribution in [0.25, 0.3) is 0 Å².